The maximum atomic E-state index is 5.78. The Labute approximate surface area is 111 Å². The van der Waals surface area contributed by atoms with E-state index in [0.29, 0.717) is 24.1 Å². The van der Waals surface area contributed by atoms with E-state index in [1.165, 1.54) is 6.33 Å². The minimum Gasteiger partial charge on any atom is -0.494 e. The third kappa shape index (κ3) is 3.60. The van der Waals surface area contributed by atoms with Crippen LogP contribution < -0.4 is 10.1 Å². The molecule has 1 aromatic heterocycles. The van der Waals surface area contributed by atoms with E-state index in [4.69, 9.17) is 16.3 Å². The molecule has 0 amide bonds. The summed E-state index contributed by atoms with van der Waals surface area (Å²) in [7, 11) is 0. The molecule has 0 aliphatic rings. The zero-order valence-electron chi connectivity index (χ0n) is 10.1. The van der Waals surface area contributed by atoms with Crippen LogP contribution in [0.15, 0.2) is 36.7 Å². The molecule has 1 aromatic carbocycles. The largest absolute Gasteiger partial charge is 0.494 e. The Balaban J connectivity index is 1.99. The Hall–Kier alpha value is -1.81. The summed E-state index contributed by atoms with van der Waals surface area (Å²) in [5, 5.41) is 3.61. The summed E-state index contributed by atoms with van der Waals surface area (Å²) >= 11 is 5.78. The summed E-state index contributed by atoms with van der Waals surface area (Å²) < 4.78 is 5.44. The summed E-state index contributed by atoms with van der Waals surface area (Å²) in [6.07, 6.45) is 1.43. The molecular formula is C13H14ClN3O. The first-order chi connectivity index (χ1) is 8.78. The molecule has 2 rings (SSSR count). The van der Waals surface area contributed by atoms with E-state index < -0.39 is 0 Å². The summed E-state index contributed by atoms with van der Waals surface area (Å²) in [6.45, 7) is 3.29. The lowest BCUT2D eigenvalue weighted by atomic mass is 10.2. The molecule has 0 atom stereocenters. The first-order valence-corrected chi connectivity index (χ1v) is 6.09. The molecule has 2 aromatic rings. The van der Waals surface area contributed by atoms with E-state index in [1.807, 2.05) is 31.2 Å². The lowest BCUT2D eigenvalue weighted by Gasteiger charge is -2.08. The Morgan fingerprint density at radius 2 is 2.17 bits per heavy atom. The average Bonchev–Trinajstić information content (AvgIpc) is 2.37. The molecule has 0 fully saturated rings. The van der Waals surface area contributed by atoms with Gasteiger partial charge in [0, 0.05) is 12.6 Å². The van der Waals surface area contributed by atoms with E-state index in [1.54, 1.807) is 6.07 Å². The summed E-state index contributed by atoms with van der Waals surface area (Å²) in [6, 6.07) is 9.62. The summed E-state index contributed by atoms with van der Waals surface area (Å²) in [5.41, 5.74) is 1.12. The lowest BCUT2D eigenvalue weighted by molar-refractivity contribution is 0.340. The molecule has 1 N–H and O–H groups in total. The third-order valence-electron chi connectivity index (χ3n) is 2.32. The van der Waals surface area contributed by atoms with Gasteiger partial charge in [-0.2, -0.15) is 0 Å². The van der Waals surface area contributed by atoms with Crippen molar-refractivity contribution in [2.75, 3.05) is 11.9 Å². The quantitative estimate of drug-likeness (QED) is 0.842. The third-order valence-corrected chi connectivity index (χ3v) is 2.52. The fourth-order valence-electron chi connectivity index (χ4n) is 1.53. The van der Waals surface area contributed by atoms with Gasteiger partial charge in [0.2, 0.25) is 0 Å². The number of hydrogen-bond acceptors (Lipinski definition) is 4. The van der Waals surface area contributed by atoms with Gasteiger partial charge in [0.15, 0.2) is 0 Å². The van der Waals surface area contributed by atoms with Crippen LogP contribution in [0.2, 0.25) is 5.15 Å². The maximum Gasteiger partial charge on any atom is 0.134 e. The Bertz CT molecular complexity index is 519. The van der Waals surface area contributed by atoms with Gasteiger partial charge in [-0.15, -0.1) is 0 Å². The molecule has 0 radical (unpaired) electrons. The van der Waals surface area contributed by atoms with Gasteiger partial charge in [0.05, 0.1) is 6.61 Å². The number of hydrogen-bond donors (Lipinski definition) is 1. The Morgan fingerprint density at radius 3 is 2.94 bits per heavy atom. The van der Waals surface area contributed by atoms with Crippen molar-refractivity contribution in [3.63, 3.8) is 0 Å². The van der Waals surface area contributed by atoms with Crippen LogP contribution in [0.5, 0.6) is 5.75 Å². The molecule has 4 nitrogen and oxygen atoms in total. The summed E-state index contributed by atoms with van der Waals surface area (Å²) in [4.78, 5) is 7.90. The van der Waals surface area contributed by atoms with Gasteiger partial charge in [0.1, 0.15) is 23.0 Å². The van der Waals surface area contributed by atoms with Crippen LogP contribution in [-0.2, 0) is 6.54 Å². The zero-order valence-corrected chi connectivity index (χ0v) is 10.8. The van der Waals surface area contributed by atoms with Crippen LogP contribution >= 0.6 is 11.6 Å². The van der Waals surface area contributed by atoms with Gasteiger partial charge < -0.3 is 10.1 Å². The molecule has 0 saturated carbocycles. The normalized spacial score (nSPS) is 10.1. The number of aromatic nitrogens is 2. The van der Waals surface area contributed by atoms with Crippen molar-refractivity contribution in [2.24, 2.45) is 0 Å². The molecule has 0 saturated heterocycles. The van der Waals surface area contributed by atoms with Crippen molar-refractivity contribution < 1.29 is 4.74 Å². The first kappa shape index (κ1) is 12.6. The van der Waals surface area contributed by atoms with E-state index in [0.717, 1.165) is 11.3 Å². The van der Waals surface area contributed by atoms with Crippen molar-refractivity contribution in [3.05, 3.63) is 47.4 Å². The average molecular weight is 264 g/mol. The van der Waals surface area contributed by atoms with Crippen molar-refractivity contribution in [2.45, 2.75) is 13.5 Å². The molecular weight excluding hydrogens is 250 g/mol. The second kappa shape index (κ2) is 6.21. The van der Waals surface area contributed by atoms with E-state index in [2.05, 4.69) is 15.3 Å². The van der Waals surface area contributed by atoms with Crippen molar-refractivity contribution >= 4 is 17.4 Å². The predicted molar refractivity (Wildman–Crippen MR) is 72.0 cm³/mol. The second-order valence-corrected chi connectivity index (χ2v) is 4.05. The number of nitrogens with one attached hydrogen (secondary N) is 1. The monoisotopic (exact) mass is 263 g/mol. The van der Waals surface area contributed by atoms with Crippen molar-refractivity contribution in [3.8, 4) is 5.75 Å². The standard InChI is InChI=1S/C13H14ClN3O/c1-2-18-11-5-3-4-10(6-11)8-15-13-7-12(14)16-9-17-13/h3-7,9H,2,8H2,1H3,(H,15,16,17). The van der Waals surface area contributed by atoms with Gasteiger partial charge in [-0.25, -0.2) is 9.97 Å². The topological polar surface area (TPSA) is 47.0 Å². The van der Waals surface area contributed by atoms with Gasteiger partial charge in [-0.05, 0) is 24.6 Å². The SMILES string of the molecule is CCOc1cccc(CNc2cc(Cl)ncn2)c1. The number of nitrogens with zero attached hydrogens (tertiary/aromatic N) is 2. The number of ether oxygens (including phenoxy) is 1. The number of anilines is 1. The molecule has 1 heterocycles. The lowest BCUT2D eigenvalue weighted by Crippen LogP contribution is -2.02. The van der Waals surface area contributed by atoms with Crippen LogP contribution in [0.1, 0.15) is 12.5 Å². The highest BCUT2D eigenvalue weighted by atomic mass is 35.5. The molecule has 94 valence electrons. The number of rotatable bonds is 5. The van der Waals surface area contributed by atoms with Gasteiger partial charge in [0.25, 0.3) is 0 Å². The molecule has 0 unspecified atom stereocenters. The minimum atomic E-state index is 0.426. The van der Waals surface area contributed by atoms with Crippen LogP contribution in [0.3, 0.4) is 0 Å². The first-order valence-electron chi connectivity index (χ1n) is 5.71. The highest BCUT2D eigenvalue weighted by Gasteiger charge is 1.99. The highest BCUT2D eigenvalue weighted by Crippen LogP contribution is 2.15. The van der Waals surface area contributed by atoms with Gasteiger partial charge in [-0.3, -0.25) is 0 Å². The van der Waals surface area contributed by atoms with Crippen LogP contribution in [0.4, 0.5) is 5.82 Å². The highest BCUT2D eigenvalue weighted by molar-refractivity contribution is 6.29. The second-order valence-electron chi connectivity index (χ2n) is 3.66. The molecule has 5 heteroatoms. The minimum absolute atomic E-state index is 0.426. The predicted octanol–water partition coefficient (Wildman–Crippen LogP) is 3.14. The Morgan fingerprint density at radius 1 is 1.28 bits per heavy atom. The smallest absolute Gasteiger partial charge is 0.134 e. The zero-order chi connectivity index (χ0) is 12.8. The number of benzene rings is 1. The number of halogens is 1. The summed E-state index contributed by atoms with van der Waals surface area (Å²) in [5.74, 6) is 1.58. The van der Waals surface area contributed by atoms with E-state index in [-0.39, 0.29) is 0 Å². The fraction of sp³-hybridized carbons (Fsp3) is 0.231. The van der Waals surface area contributed by atoms with Crippen molar-refractivity contribution in [1.82, 2.24) is 9.97 Å². The van der Waals surface area contributed by atoms with E-state index in [9.17, 15) is 0 Å². The van der Waals surface area contributed by atoms with Crippen molar-refractivity contribution in [1.29, 1.82) is 0 Å². The molecule has 0 aliphatic carbocycles. The van der Waals surface area contributed by atoms with Crippen LogP contribution in [0, 0.1) is 0 Å². The van der Waals surface area contributed by atoms with Gasteiger partial charge >= 0.3 is 0 Å². The molecule has 0 spiro atoms. The van der Waals surface area contributed by atoms with Crippen LogP contribution in [-0.4, -0.2) is 16.6 Å². The van der Waals surface area contributed by atoms with Crippen LogP contribution in [0.25, 0.3) is 0 Å². The van der Waals surface area contributed by atoms with Gasteiger partial charge in [-0.1, -0.05) is 23.7 Å². The molecule has 0 aliphatic heterocycles. The maximum absolute atomic E-state index is 5.78. The molecule has 0 bridgehead atoms. The van der Waals surface area contributed by atoms with E-state index >= 15 is 0 Å². The Kier molecular flexibility index (Phi) is 4.36. The fourth-order valence-corrected chi connectivity index (χ4v) is 1.68. The molecule has 18 heavy (non-hydrogen) atoms.